The Hall–Kier alpha value is -1.07. The fourth-order valence-corrected chi connectivity index (χ4v) is 1.88. The largest absolute Gasteiger partial charge is 1.00 e. The van der Waals surface area contributed by atoms with Gasteiger partial charge in [0.15, 0.2) is 0 Å². The summed E-state index contributed by atoms with van der Waals surface area (Å²) in [4.78, 5) is 0. The average Bonchev–Trinajstić information content (AvgIpc) is 2.54. The summed E-state index contributed by atoms with van der Waals surface area (Å²) in [6, 6.07) is 0. The van der Waals surface area contributed by atoms with Crippen molar-refractivity contribution in [3.8, 4) is 47.5 Å². The maximum Gasteiger partial charge on any atom is 1.00 e. The molecule has 0 aromatic carbocycles. The van der Waals surface area contributed by atoms with Crippen molar-refractivity contribution in [3.63, 3.8) is 0 Å². The van der Waals surface area contributed by atoms with E-state index in [0.29, 0.717) is 0 Å². The molecule has 0 amide bonds. The number of hydrogen-bond donors (Lipinski definition) is 1. The molecule has 0 saturated carbocycles. The van der Waals surface area contributed by atoms with Gasteiger partial charge in [-0.05, 0) is 24.7 Å². The van der Waals surface area contributed by atoms with Crippen LogP contribution in [0.4, 0.5) is 0 Å². The molecule has 28 heavy (non-hydrogen) atoms. The number of aliphatic hydroxyl groups excluding tert-OH is 1. The van der Waals surface area contributed by atoms with E-state index in [2.05, 4.69) is 55.9 Å². The molecule has 0 bridgehead atoms. The van der Waals surface area contributed by atoms with E-state index >= 15 is 0 Å². The van der Waals surface area contributed by atoms with Gasteiger partial charge in [0, 0.05) is 17.8 Å². The van der Waals surface area contributed by atoms with E-state index in [4.69, 9.17) is 4.74 Å². The zero-order valence-corrected chi connectivity index (χ0v) is 16.9. The van der Waals surface area contributed by atoms with Crippen LogP contribution < -0.4 is 37.7 Å². The van der Waals surface area contributed by atoms with Crippen LogP contribution >= 0.6 is 0 Å². The summed E-state index contributed by atoms with van der Waals surface area (Å²) in [5.74, 6) is 16.5. The van der Waals surface area contributed by atoms with Crippen LogP contribution in [0.15, 0.2) is 0 Å². The Bertz CT molecular complexity index is 893. The summed E-state index contributed by atoms with van der Waals surface area (Å²) in [5, 5.41) is 9.35. The molecule has 0 heterocycles. The average molecular weight is 418 g/mol. The maximum atomic E-state index is 10.5. The van der Waals surface area contributed by atoms with Gasteiger partial charge < -0.3 is 18.9 Å². The first-order chi connectivity index (χ1) is 12.0. The normalized spacial score (nSPS) is 9.86. The molecule has 0 aromatic heterocycles. The van der Waals surface area contributed by atoms with Crippen LogP contribution in [0.3, 0.4) is 0 Å². The van der Waals surface area contributed by atoms with Crippen molar-refractivity contribution in [1.29, 1.82) is 0 Å². The van der Waals surface area contributed by atoms with Crippen LogP contribution in [-0.4, -0.2) is 57.5 Å². The van der Waals surface area contributed by atoms with Gasteiger partial charge in [-0.1, -0.05) is 5.92 Å². The minimum absolute atomic E-state index is 0. The predicted molar refractivity (Wildman–Crippen MR) is 83.5 cm³/mol. The summed E-state index contributed by atoms with van der Waals surface area (Å²) < 4.78 is 75.9. The topological polar surface area (TPSA) is 162 Å². The molecule has 0 aliphatic carbocycles. The second kappa shape index (κ2) is 15.8. The first-order valence-corrected chi connectivity index (χ1v) is 9.05. The third-order valence-electron chi connectivity index (χ3n) is 2.29. The minimum atomic E-state index is -5.16. The van der Waals surface area contributed by atoms with E-state index in [1.807, 2.05) is 0 Å². The molecular formula is C14H12Li2O10S2. The van der Waals surface area contributed by atoms with Crippen molar-refractivity contribution in [2.45, 2.75) is 6.92 Å². The molecule has 0 saturated heterocycles. The minimum Gasteiger partial charge on any atom is -0.726 e. The van der Waals surface area contributed by atoms with Gasteiger partial charge >= 0.3 is 37.7 Å². The summed E-state index contributed by atoms with van der Waals surface area (Å²) in [6.45, 7) is -2.03. The number of ether oxygens (including phenoxy) is 1. The molecule has 0 spiro atoms. The molecule has 0 rings (SSSR count). The first kappa shape index (κ1) is 31.6. The van der Waals surface area contributed by atoms with E-state index in [1.165, 1.54) is 0 Å². The van der Waals surface area contributed by atoms with Gasteiger partial charge in [0.2, 0.25) is 20.8 Å². The van der Waals surface area contributed by atoms with Crippen LogP contribution in [0.1, 0.15) is 6.92 Å². The smallest absolute Gasteiger partial charge is 0.726 e. The predicted octanol–water partition coefficient (Wildman–Crippen LogP) is -8.07. The second-order valence-electron chi connectivity index (χ2n) is 4.39. The van der Waals surface area contributed by atoms with Crippen LogP contribution in [0.25, 0.3) is 0 Å². The van der Waals surface area contributed by atoms with E-state index in [9.17, 15) is 31.0 Å². The van der Waals surface area contributed by atoms with E-state index in [1.54, 1.807) is 6.92 Å². The summed E-state index contributed by atoms with van der Waals surface area (Å²) in [7, 11) is -10.3. The van der Waals surface area contributed by atoms with Crippen LogP contribution in [0, 0.1) is 53.0 Å². The molecule has 0 aliphatic rings. The van der Waals surface area contributed by atoms with Crippen molar-refractivity contribution < 1.29 is 81.9 Å². The van der Waals surface area contributed by atoms with Crippen molar-refractivity contribution >= 4 is 20.8 Å². The monoisotopic (exact) mass is 418 g/mol. The fraction of sp³-hybridized carbons (Fsp3) is 0.429. The van der Waals surface area contributed by atoms with Crippen molar-refractivity contribution in [2.24, 2.45) is 5.41 Å². The molecular weight excluding hydrogens is 406 g/mol. The third-order valence-corrected chi connectivity index (χ3v) is 3.11. The van der Waals surface area contributed by atoms with Crippen molar-refractivity contribution in [1.82, 2.24) is 0 Å². The van der Waals surface area contributed by atoms with Gasteiger partial charge in [-0.3, -0.25) is 8.37 Å². The number of rotatable bonds is 9. The first-order valence-electron chi connectivity index (χ1n) is 6.38. The van der Waals surface area contributed by atoms with Crippen LogP contribution in [-0.2, 0) is 33.9 Å². The number of hydrogen-bond acceptors (Lipinski definition) is 10. The molecule has 142 valence electrons. The third kappa shape index (κ3) is 18.3. The molecule has 10 nitrogen and oxygen atoms in total. The zero-order chi connectivity index (χ0) is 20.1. The molecule has 0 fully saturated rings. The fourth-order valence-electron chi connectivity index (χ4n) is 1.09. The van der Waals surface area contributed by atoms with Gasteiger partial charge in [-0.2, -0.15) is 0 Å². The molecule has 0 atom stereocenters. The molecule has 1 N–H and O–H groups in total. The van der Waals surface area contributed by atoms with E-state index in [-0.39, 0.29) is 37.7 Å². The molecule has 14 heteroatoms. The van der Waals surface area contributed by atoms with Crippen molar-refractivity contribution in [2.75, 3.05) is 26.4 Å². The number of aliphatic hydroxyl groups is 1. The maximum absolute atomic E-state index is 10.5. The van der Waals surface area contributed by atoms with Gasteiger partial charge in [-0.15, -0.1) is 0 Å². The zero-order valence-electron chi connectivity index (χ0n) is 15.3. The Kier molecular flexibility index (Phi) is 17.9. The quantitative estimate of drug-likeness (QED) is 0.165. The standard InChI is InChI=1S/C14H14O10S2.2Li/c1-2-3-4-5-6-7-8-9-22-11-14(10-15,12-23-25(16,17)18)13-24-26(19,20)21;;/h15H,10-13H2,1H3,(H,16,17,18)(H,19,20,21);;/q;2*+1/p-2. The SMILES string of the molecule is CC#CC#CC#CC#COCC(CO)(COS(=O)(=O)[O-])COS(=O)(=O)[O-].[Li+].[Li+]. The van der Waals surface area contributed by atoms with Gasteiger partial charge in [-0.25, -0.2) is 16.8 Å². The van der Waals surface area contributed by atoms with E-state index < -0.39 is 52.6 Å². The summed E-state index contributed by atoms with van der Waals surface area (Å²) in [6.07, 6.45) is 2.06. The molecule has 0 aromatic rings. The molecule has 0 unspecified atom stereocenters. The van der Waals surface area contributed by atoms with E-state index in [0.717, 1.165) is 0 Å². The molecule has 0 radical (unpaired) electrons. The van der Waals surface area contributed by atoms with Crippen LogP contribution in [0.2, 0.25) is 0 Å². The Morgan fingerprint density at radius 1 is 0.821 bits per heavy atom. The second-order valence-corrected chi connectivity index (χ2v) is 6.49. The van der Waals surface area contributed by atoms with Gasteiger partial charge in [0.25, 0.3) is 0 Å². The Balaban J connectivity index is -0.00000312. The Morgan fingerprint density at radius 2 is 1.25 bits per heavy atom. The molecule has 0 aliphatic heterocycles. The van der Waals surface area contributed by atoms with Gasteiger partial charge in [0.05, 0.1) is 25.2 Å². The summed E-state index contributed by atoms with van der Waals surface area (Å²) >= 11 is 0. The Morgan fingerprint density at radius 3 is 1.64 bits per heavy atom. The van der Waals surface area contributed by atoms with Crippen LogP contribution in [0.5, 0.6) is 0 Å². The van der Waals surface area contributed by atoms with Crippen molar-refractivity contribution in [3.05, 3.63) is 0 Å². The van der Waals surface area contributed by atoms with Gasteiger partial charge in [0.1, 0.15) is 12.7 Å². The summed E-state index contributed by atoms with van der Waals surface area (Å²) in [5.41, 5.74) is -1.87. The Labute approximate surface area is 188 Å².